The highest BCUT2D eigenvalue weighted by Crippen LogP contribution is 2.45. The van der Waals surface area contributed by atoms with Crippen LogP contribution in [-0.2, 0) is 18.8 Å². The number of Topliss-reactive ketones (excluding diaryl/α,β-unsaturated/α-hetero) is 1. The monoisotopic (exact) mass is 414 g/mol. The molecule has 1 unspecified atom stereocenters. The van der Waals surface area contributed by atoms with Crippen molar-refractivity contribution in [1.82, 2.24) is 0 Å². The van der Waals surface area contributed by atoms with Gasteiger partial charge in [0, 0.05) is 12.3 Å². The first kappa shape index (κ1) is 24.3. The summed E-state index contributed by atoms with van der Waals surface area (Å²) in [5.41, 5.74) is -0.0104. The molecule has 4 nitrogen and oxygen atoms in total. The summed E-state index contributed by atoms with van der Waals surface area (Å²) in [5.74, 6) is 2.17. The second-order valence-corrected chi connectivity index (χ2v) is 13.1. The molecule has 0 bridgehead atoms. The zero-order chi connectivity index (χ0) is 20.8. The Morgan fingerprint density at radius 1 is 1.19 bits per heavy atom. The van der Waals surface area contributed by atoms with Gasteiger partial charge in [-0.15, -0.1) is 11.8 Å². The van der Waals surface area contributed by atoms with Crippen LogP contribution in [0.2, 0.25) is 13.1 Å². The van der Waals surface area contributed by atoms with Gasteiger partial charge >= 0.3 is 5.97 Å². The van der Waals surface area contributed by atoms with Gasteiger partial charge in [-0.25, -0.2) is 0 Å². The van der Waals surface area contributed by atoms with Crippen molar-refractivity contribution in [3.8, 4) is 0 Å². The number of ether oxygens (including phenoxy) is 1. The number of allylic oxidation sites excluding steroid dienone is 2. The summed E-state index contributed by atoms with van der Waals surface area (Å²) in [5, 5.41) is 0. The van der Waals surface area contributed by atoms with Gasteiger partial charge < -0.3 is 9.16 Å². The Hall–Kier alpha value is -0.753. The lowest BCUT2D eigenvalue weighted by atomic mass is 9.79. The molecule has 0 radical (unpaired) electrons. The highest BCUT2D eigenvalue weighted by Gasteiger charge is 2.40. The van der Waals surface area contributed by atoms with Crippen molar-refractivity contribution < 1.29 is 18.8 Å². The highest BCUT2D eigenvalue weighted by atomic mass is 32.2. The third kappa shape index (κ3) is 8.02. The number of carbonyl (C=O) groups excluding carboxylic acids is 2. The van der Waals surface area contributed by atoms with Gasteiger partial charge in [0.25, 0.3) is 0 Å². The fourth-order valence-electron chi connectivity index (χ4n) is 3.34. The van der Waals surface area contributed by atoms with E-state index in [0.29, 0.717) is 12.8 Å². The molecule has 1 aliphatic carbocycles. The maximum absolute atomic E-state index is 12.6. The zero-order valence-electron chi connectivity index (χ0n) is 18.4. The first-order valence-electron chi connectivity index (χ1n) is 10.0. The third-order valence-corrected chi connectivity index (χ3v) is 6.87. The number of methoxy groups -OCH3 is 1. The molecule has 1 atom stereocenters. The summed E-state index contributed by atoms with van der Waals surface area (Å²) >= 11 is 1.67. The average Bonchev–Trinajstić information content (AvgIpc) is 2.82. The van der Waals surface area contributed by atoms with Crippen LogP contribution in [-0.4, -0.2) is 33.7 Å². The van der Waals surface area contributed by atoms with Crippen LogP contribution in [0.25, 0.3) is 0 Å². The molecule has 0 fully saturated rings. The molecule has 1 aliphatic rings. The number of unbranched alkanes of at least 4 members (excludes halogenated alkanes) is 1. The van der Waals surface area contributed by atoms with Gasteiger partial charge in [0.05, 0.1) is 18.4 Å². The molecule has 1 rings (SSSR count). The lowest BCUT2D eigenvalue weighted by Gasteiger charge is -2.30. The molecule has 156 valence electrons. The minimum atomic E-state index is -1.25. The van der Waals surface area contributed by atoms with Gasteiger partial charge in [-0.3, -0.25) is 9.59 Å². The molecule has 0 aromatic carbocycles. The molecule has 0 aromatic heterocycles. The Labute approximate surface area is 171 Å². The van der Waals surface area contributed by atoms with Crippen molar-refractivity contribution >= 4 is 32.6 Å². The average molecular weight is 415 g/mol. The maximum atomic E-state index is 12.6. The molecule has 0 aromatic rings. The summed E-state index contributed by atoms with van der Waals surface area (Å²) in [6.45, 7) is 15.1. The normalized spacial score (nSPS) is 18.4. The molecule has 0 saturated heterocycles. The van der Waals surface area contributed by atoms with E-state index in [2.05, 4.69) is 47.7 Å². The molecular formula is C21H38O4SSi. The molecule has 6 heteroatoms. The Bertz CT molecular complexity index is 561. The first-order valence-corrected chi connectivity index (χ1v) is 13.8. The number of hydrogen-bond acceptors (Lipinski definition) is 5. The van der Waals surface area contributed by atoms with Gasteiger partial charge in [-0.1, -0.05) is 41.0 Å². The summed E-state index contributed by atoms with van der Waals surface area (Å²) < 4.78 is 11.0. The molecule has 0 aliphatic heterocycles. The molecule has 27 heavy (non-hydrogen) atoms. The van der Waals surface area contributed by atoms with E-state index in [1.165, 1.54) is 7.11 Å². The fraction of sp³-hybridized carbons (Fsp3) is 0.810. The van der Waals surface area contributed by atoms with Crippen molar-refractivity contribution in [2.45, 2.75) is 79.8 Å². The summed E-state index contributed by atoms with van der Waals surface area (Å²) in [4.78, 5) is 25.0. The van der Waals surface area contributed by atoms with Crippen molar-refractivity contribution in [3.05, 3.63) is 10.7 Å². The van der Waals surface area contributed by atoms with E-state index >= 15 is 0 Å². The van der Waals surface area contributed by atoms with Crippen molar-refractivity contribution in [2.75, 3.05) is 12.9 Å². The Morgan fingerprint density at radius 2 is 1.81 bits per heavy atom. The molecule has 0 spiro atoms. The van der Waals surface area contributed by atoms with E-state index in [1.54, 1.807) is 11.8 Å². The molecular weight excluding hydrogens is 376 g/mol. The number of ketones is 1. The van der Waals surface area contributed by atoms with Crippen LogP contribution in [0.3, 0.4) is 0 Å². The van der Waals surface area contributed by atoms with E-state index in [1.807, 2.05) is 0 Å². The third-order valence-electron chi connectivity index (χ3n) is 4.94. The van der Waals surface area contributed by atoms with E-state index in [-0.39, 0.29) is 28.5 Å². The second kappa shape index (κ2) is 10.1. The van der Waals surface area contributed by atoms with Crippen LogP contribution in [0.1, 0.15) is 66.7 Å². The lowest BCUT2D eigenvalue weighted by molar-refractivity contribution is -0.143. The molecule has 0 heterocycles. The molecule has 0 amide bonds. The maximum Gasteiger partial charge on any atom is 0.306 e. The quantitative estimate of drug-likeness (QED) is 0.275. The van der Waals surface area contributed by atoms with Gasteiger partial charge in [0.15, 0.2) is 5.78 Å². The smallest absolute Gasteiger partial charge is 0.306 e. The lowest BCUT2D eigenvalue weighted by Crippen LogP contribution is -2.24. The van der Waals surface area contributed by atoms with Crippen LogP contribution in [0.5, 0.6) is 0 Å². The summed E-state index contributed by atoms with van der Waals surface area (Å²) in [7, 11) is 0.182. The van der Waals surface area contributed by atoms with Crippen LogP contribution in [0.4, 0.5) is 0 Å². The van der Waals surface area contributed by atoms with Crippen molar-refractivity contribution in [1.29, 1.82) is 0 Å². The van der Waals surface area contributed by atoms with E-state index in [4.69, 9.17) is 9.16 Å². The van der Waals surface area contributed by atoms with Crippen molar-refractivity contribution in [2.24, 2.45) is 16.7 Å². The highest BCUT2D eigenvalue weighted by molar-refractivity contribution is 8.04. The fourth-order valence-corrected chi connectivity index (χ4v) is 5.34. The largest absolute Gasteiger partial charge is 0.549 e. The van der Waals surface area contributed by atoms with Crippen LogP contribution < -0.4 is 0 Å². The zero-order valence-corrected chi connectivity index (χ0v) is 20.4. The Morgan fingerprint density at radius 3 is 2.33 bits per heavy atom. The van der Waals surface area contributed by atoms with Crippen molar-refractivity contribution in [3.63, 3.8) is 0 Å². The first-order chi connectivity index (χ1) is 12.4. The number of esters is 1. The minimum Gasteiger partial charge on any atom is -0.549 e. The van der Waals surface area contributed by atoms with Crippen LogP contribution in [0.15, 0.2) is 10.7 Å². The van der Waals surface area contributed by atoms with Crippen LogP contribution >= 0.6 is 11.8 Å². The number of carbonyl (C=O) groups is 2. The van der Waals surface area contributed by atoms with Gasteiger partial charge in [0.1, 0.15) is 5.76 Å². The number of hydrogen-bond donors (Lipinski definition) is 0. The van der Waals surface area contributed by atoms with E-state index in [0.717, 1.165) is 35.7 Å². The van der Waals surface area contributed by atoms with Gasteiger partial charge in [-0.05, 0) is 42.5 Å². The SMILES string of the molecule is COC(=O)CC(C)(C)CCCCSC1=C(O[SiH](C)C)C(C(C)(C)C)CC1=O. The standard InChI is InChI=1S/C21H38O4SSi/c1-20(2,3)15-13-16(22)19(18(15)25-27(7)8)26-12-10-9-11-21(4,5)14-17(23)24-6/h15,27H,9-14H2,1-8H3. The van der Waals surface area contributed by atoms with Gasteiger partial charge in [0.2, 0.25) is 9.04 Å². The van der Waals surface area contributed by atoms with Gasteiger partial charge in [-0.2, -0.15) is 0 Å². The number of thioether (sulfide) groups is 1. The topological polar surface area (TPSA) is 52.6 Å². The molecule has 0 saturated carbocycles. The number of rotatable bonds is 10. The minimum absolute atomic E-state index is 0.0362. The van der Waals surface area contributed by atoms with Crippen LogP contribution in [0, 0.1) is 16.7 Å². The summed E-state index contributed by atoms with van der Waals surface area (Å²) in [6.07, 6.45) is 4.07. The van der Waals surface area contributed by atoms with E-state index < -0.39 is 9.04 Å². The summed E-state index contributed by atoms with van der Waals surface area (Å²) in [6, 6.07) is 0. The predicted molar refractivity (Wildman–Crippen MR) is 116 cm³/mol. The Kier molecular flexibility index (Phi) is 9.13. The second-order valence-electron chi connectivity index (χ2n) is 9.63. The van der Waals surface area contributed by atoms with E-state index in [9.17, 15) is 9.59 Å². The Balaban J connectivity index is 2.62. The molecule has 0 N–H and O–H groups in total. The predicted octanol–water partition coefficient (Wildman–Crippen LogP) is 5.33.